The van der Waals surface area contributed by atoms with E-state index < -0.39 is 10.0 Å². The molecule has 0 aromatic heterocycles. The van der Waals surface area contributed by atoms with E-state index in [0.29, 0.717) is 18.0 Å². The van der Waals surface area contributed by atoms with Crippen LogP contribution < -0.4 is 0 Å². The third-order valence-corrected chi connectivity index (χ3v) is 5.58. The summed E-state index contributed by atoms with van der Waals surface area (Å²) in [5.41, 5.74) is 0.975. The molecule has 2 rings (SSSR count). The van der Waals surface area contributed by atoms with Crippen LogP contribution in [0.25, 0.3) is 0 Å². The Balaban J connectivity index is 2.31. The number of sulfonamides is 1. The van der Waals surface area contributed by atoms with Crippen molar-refractivity contribution in [2.45, 2.75) is 25.3 Å². The van der Waals surface area contributed by atoms with Gasteiger partial charge in [0.2, 0.25) is 10.0 Å². The second kappa shape index (κ2) is 7.40. The largest absolute Gasteiger partial charge is 0.243 e. The lowest BCUT2D eigenvalue weighted by Crippen LogP contribution is -2.33. The molecule has 3 nitrogen and oxygen atoms in total. The van der Waals surface area contributed by atoms with Crippen LogP contribution in [0.5, 0.6) is 0 Å². The minimum Gasteiger partial charge on any atom is -0.207 e. The fourth-order valence-electron chi connectivity index (χ4n) is 2.19. The summed E-state index contributed by atoms with van der Waals surface area (Å²) in [5.74, 6) is 0.258. The predicted molar refractivity (Wildman–Crippen MR) is 93.0 cm³/mol. The van der Waals surface area contributed by atoms with Gasteiger partial charge in [0, 0.05) is 17.6 Å². The molecule has 2 aromatic carbocycles. The second-order valence-corrected chi connectivity index (χ2v) is 8.48. The van der Waals surface area contributed by atoms with Gasteiger partial charge in [-0.3, -0.25) is 0 Å². The summed E-state index contributed by atoms with van der Waals surface area (Å²) in [6.07, 6.45) is 0. The van der Waals surface area contributed by atoms with Crippen molar-refractivity contribution in [1.29, 1.82) is 0 Å². The molecular weight excluding hydrogens is 362 g/mol. The van der Waals surface area contributed by atoms with Gasteiger partial charge in [0.25, 0.3) is 0 Å². The van der Waals surface area contributed by atoms with Crippen LogP contribution in [0.1, 0.15) is 19.4 Å². The van der Waals surface area contributed by atoms with Crippen LogP contribution in [0.15, 0.2) is 64.0 Å². The zero-order valence-electron chi connectivity index (χ0n) is 12.7. The lowest BCUT2D eigenvalue weighted by molar-refractivity contribution is 0.362. The molecule has 0 atom stereocenters. The van der Waals surface area contributed by atoms with Gasteiger partial charge in [-0.2, -0.15) is 4.31 Å². The lowest BCUT2D eigenvalue weighted by atomic mass is 10.2. The van der Waals surface area contributed by atoms with E-state index in [-0.39, 0.29) is 5.92 Å². The highest BCUT2D eigenvalue weighted by atomic mass is 79.9. The topological polar surface area (TPSA) is 37.4 Å². The van der Waals surface area contributed by atoms with Gasteiger partial charge in [-0.25, -0.2) is 8.42 Å². The van der Waals surface area contributed by atoms with Crippen LogP contribution >= 0.6 is 15.9 Å². The number of halogens is 1. The van der Waals surface area contributed by atoms with Crippen LogP contribution in [0.3, 0.4) is 0 Å². The summed E-state index contributed by atoms with van der Waals surface area (Å²) in [6.45, 7) is 4.92. The highest BCUT2D eigenvalue weighted by Gasteiger charge is 2.25. The number of rotatable bonds is 6. The molecule has 0 aliphatic rings. The van der Waals surface area contributed by atoms with Crippen molar-refractivity contribution >= 4 is 26.0 Å². The first-order chi connectivity index (χ1) is 10.4. The molecule has 0 radical (unpaired) electrons. The SMILES string of the molecule is CC(C)CN(Cc1ccc(Br)cc1)S(=O)(=O)c1ccccc1. The van der Waals surface area contributed by atoms with Crippen molar-refractivity contribution in [3.05, 3.63) is 64.6 Å². The van der Waals surface area contributed by atoms with Crippen molar-refractivity contribution in [1.82, 2.24) is 4.31 Å². The summed E-state index contributed by atoms with van der Waals surface area (Å²) in [7, 11) is -3.48. The smallest absolute Gasteiger partial charge is 0.207 e. The third-order valence-electron chi connectivity index (χ3n) is 3.22. The molecular formula is C17H20BrNO2S. The van der Waals surface area contributed by atoms with Crippen molar-refractivity contribution < 1.29 is 8.42 Å². The summed E-state index contributed by atoms with van der Waals surface area (Å²) in [6, 6.07) is 16.3. The molecule has 0 heterocycles. The highest BCUT2D eigenvalue weighted by molar-refractivity contribution is 9.10. The Morgan fingerprint density at radius 3 is 2.14 bits per heavy atom. The van der Waals surface area contributed by atoms with E-state index in [2.05, 4.69) is 15.9 Å². The Morgan fingerprint density at radius 1 is 1.00 bits per heavy atom. The molecule has 0 amide bonds. The summed E-state index contributed by atoms with van der Waals surface area (Å²) in [4.78, 5) is 0.341. The monoisotopic (exact) mass is 381 g/mol. The Morgan fingerprint density at radius 2 is 1.59 bits per heavy atom. The first-order valence-corrected chi connectivity index (χ1v) is 9.42. The molecule has 2 aromatic rings. The Kier molecular flexibility index (Phi) is 5.78. The van der Waals surface area contributed by atoms with Gasteiger partial charge in [0.1, 0.15) is 0 Å². The molecule has 0 unspecified atom stereocenters. The predicted octanol–water partition coefficient (Wildman–Crippen LogP) is 4.30. The normalized spacial score (nSPS) is 12.0. The van der Waals surface area contributed by atoms with Gasteiger partial charge in [0.15, 0.2) is 0 Å². The summed E-state index contributed by atoms with van der Waals surface area (Å²) < 4.78 is 28.2. The minimum atomic E-state index is -3.48. The highest BCUT2D eigenvalue weighted by Crippen LogP contribution is 2.20. The number of benzene rings is 2. The summed E-state index contributed by atoms with van der Waals surface area (Å²) in [5, 5.41) is 0. The van der Waals surface area contributed by atoms with Crippen molar-refractivity contribution in [3.63, 3.8) is 0 Å². The van der Waals surface area contributed by atoms with Crippen LogP contribution in [0.2, 0.25) is 0 Å². The lowest BCUT2D eigenvalue weighted by Gasteiger charge is -2.24. The second-order valence-electron chi connectivity index (χ2n) is 5.63. The first-order valence-electron chi connectivity index (χ1n) is 7.19. The molecule has 0 aliphatic carbocycles. The molecule has 0 fully saturated rings. The van der Waals surface area contributed by atoms with Gasteiger partial charge in [-0.15, -0.1) is 0 Å². The fraction of sp³-hybridized carbons (Fsp3) is 0.294. The van der Waals surface area contributed by atoms with E-state index in [9.17, 15) is 8.42 Å². The number of nitrogens with zero attached hydrogens (tertiary/aromatic N) is 1. The zero-order chi connectivity index (χ0) is 16.2. The maximum Gasteiger partial charge on any atom is 0.243 e. The molecule has 0 saturated carbocycles. The average molecular weight is 382 g/mol. The molecule has 118 valence electrons. The van der Waals surface area contributed by atoms with Crippen molar-refractivity contribution in [2.24, 2.45) is 5.92 Å². The maximum atomic E-state index is 12.9. The van der Waals surface area contributed by atoms with Crippen LogP contribution in [0.4, 0.5) is 0 Å². The minimum absolute atomic E-state index is 0.258. The Hall–Kier alpha value is -1.17. The molecule has 22 heavy (non-hydrogen) atoms. The van der Waals surface area contributed by atoms with Gasteiger partial charge in [-0.1, -0.05) is 60.1 Å². The molecule has 0 spiro atoms. The van der Waals surface area contributed by atoms with Crippen LogP contribution in [-0.2, 0) is 16.6 Å². The van der Waals surface area contributed by atoms with Gasteiger partial charge in [0.05, 0.1) is 4.90 Å². The maximum absolute atomic E-state index is 12.9. The average Bonchev–Trinajstić information content (AvgIpc) is 2.49. The number of hydrogen-bond donors (Lipinski definition) is 0. The fourth-order valence-corrected chi connectivity index (χ4v) is 4.07. The first kappa shape index (κ1) is 17.2. The molecule has 0 saturated heterocycles. The number of hydrogen-bond acceptors (Lipinski definition) is 2. The summed E-state index contributed by atoms with van der Waals surface area (Å²) >= 11 is 3.40. The van der Waals surface area contributed by atoms with Crippen molar-refractivity contribution in [2.75, 3.05) is 6.54 Å². The van der Waals surface area contributed by atoms with E-state index in [1.807, 2.05) is 44.2 Å². The molecule has 0 bridgehead atoms. The van der Waals surface area contributed by atoms with Crippen LogP contribution in [0, 0.1) is 5.92 Å². The van der Waals surface area contributed by atoms with Gasteiger partial charge >= 0.3 is 0 Å². The van der Waals surface area contributed by atoms with Crippen LogP contribution in [-0.4, -0.2) is 19.3 Å². The Labute approximate surface area is 141 Å². The van der Waals surface area contributed by atoms with Crippen molar-refractivity contribution in [3.8, 4) is 0 Å². The van der Waals surface area contributed by atoms with Gasteiger partial charge in [-0.05, 0) is 35.7 Å². The standard InChI is InChI=1S/C17H20BrNO2S/c1-14(2)12-19(13-15-8-10-16(18)11-9-15)22(20,21)17-6-4-3-5-7-17/h3-11,14H,12-13H2,1-2H3. The quantitative estimate of drug-likeness (QED) is 0.747. The van der Waals surface area contributed by atoms with Gasteiger partial charge < -0.3 is 0 Å². The van der Waals surface area contributed by atoms with E-state index >= 15 is 0 Å². The molecule has 5 heteroatoms. The van der Waals surface area contributed by atoms with E-state index in [4.69, 9.17) is 0 Å². The molecule has 0 N–H and O–H groups in total. The van der Waals surface area contributed by atoms with E-state index in [1.165, 1.54) is 0 Å². The molecule has 0 aliphatic heterocycles. The van der Waals surface area contributed by atoms with E-state index in [1.54, 1.807) is 28.6 Å². The third kappa shape index (κ3) is 4.41. The van der Waals surface area contributed by atoms with E-state index in [0.717, 1.165) is 10.0 Å². The zero-order valence-corrected chi connectivity index (χ0v) is 15.1. The Bertz CT molecular complexity index is 697.